The van der Waals surface area contributed by atoms with E-state index in [0.29, 0.717) is 12.1 Å². The summed E-state index contributed by atoms with van der Waals surface area (Å²) in [7, 11) is 0. The van der Waals surface area contributed by atoms with Crippen LogP contribution in [0.4, 0.5) is 0 Å². The summed E-state index contributed by atoms with van der Waals surface area (Å²) in [6, 6.07) is 11.8. The molecule has 1 unspecified atom stereocenters. The number of piperidine rings is 1. The molecule has 1 amide bonds. The Bertz CT molecular complexity index is 720. The zero-order valence-corrected chi connectivity index (χ0v) is 16.6. The number of carbonyl (C=O) groups is 1. The molecule has 26 heavy (non-hydrogen) atoms. The predicted octanol–water partition coefficient (Wildman–Crippen LogP) is 4.52. The highest BCUT2D eigenvalue weighted by molar-refractivity contribution is 5.94. The first-order valence-electron chi connectivity index (χ1n) is 9.18. The van der Waals surface area contributed by atoms with Crippen molar-refractivity contribution in [2.45, 2.75) is 39.7 Å². The second-order valence-electron chi connectivity index (χ2n) is 7.26. The SMILES string of the molecule is Cc1cccc(C(=O)NCC(c2ccc(C)o2)N2CCC(C)CC2)c1.Cl. The van der Waals surface area contributed by atoms with E-state index in [4.69, 9.17) is 4.42 Å². The Morgan fingerprint density at radius 3 is 2.58 bits per heavy atom. The average molecular weight is 377 g/mol. The van der Waals surface area contributed by atoms with Crippen molar-refractivity contribution in [2.75, 3.05) is 19.6 Å². The summed E-state index contributed by atoms with van der Waals surface area (Å²) in [5.74, 6) is 2.60. The minimum atomic E-state index is -0.0256. The molecule has 1 aliphatic heterocycles. The van der Waals surface area contributed by atoms with E-state index in [1.807, 2.05) is 50.2 Å². The van der Waals surface area contributed by atoms with Crippen LogP contribution in [0.15, 0.2) is 40.8 Å². The first-order chi connectivity index (χ1) is 12.0. The standard InChI is InChI=1S/C21H28N2O2.ClH/c1-15-9-11-23(12-10-15)19(20-8-7-17(3)25-20)14-22-21(24)18-6-4-5-16(2)13-18;/h4-8,13,15,19H,9-12,14H2,1-3H3,(H,22,24);1H. The number of hydrogen-bond acceptors (Lipinski definition) is 3. The van der Waals surface area contributed by atoms with Gasteiger partial charge in [-0.3, -0.25) is 9.69 Å². The van der Waals surface area contributed by atoms with Crippen molar-refractivity contribution in [1.29, 1.82) is 0 Å². The number of amides is 1. The smallest absolute Gasteiger partial charge is 0.251 e. The molecule has 0 saturated carbocycles. The maximum atomic E-state index is 12.5. The number of nitrogens with one attached hydrogen (secondary N) is 1. The molecule has 1 atom stereocenters. The fraction of sp³-hybridized carbons (Fsp3) is 0.476. The average Bonchev–Trinajstić information content (AvgIpc) is 3.02. The lowest BCUT2D eigenvalue weighted by Gasteiger charge is -2.35. The Hall–Kier alpha value is -1.78. The van der Waals surface area contributed by atoms with Gasteiger partial charge in [0.05, 0.1) is 6.04 Å². The number of halogens is 1. The summed E-state index contributed by atoms with van der Waals surface area (Å²) in [6.45, 7) is 8.93. The summed E-state index contributed by atoms with van der Waals surface area (Å²) in [5.41, 5.74) is 1.80. The minimum absolute atomic E-state index is 0. The maximum absolute atomic E-state index is 12.5. The summed E-state index contributed by atoms with van der Waals surface area (Å²) >= 11 is 0. The highest BCUT2D eigenvalue weighted by Crippen LogP contribution is 2.27. The van der Waals surface area contributed by atoms with Crippen LogP contribution in [-0.4, -0.2) is 30.4 Å². The third kappa shape index (κ3) is 5.12. The molecule has 1 saturated heterocycles. The highest BCUT2D eigenvalue weighted by atomic mass is 35.5. The first kappa shape index (κ1) is 20.5. The molecule has 2 aromatic rings. The third-order valence-corrected chi connectivity index (χ3v) is 5.08. The number of hydrogen-bond donors (Lipinski definition) is 1. The van der Waals surface area contributed by atoms with Gasteiger partial charge in [-0.05, 0) is 70.0 Å². The van der Waals surface area contributed by atoms with Crippen LogP contribution in [0.2, 0.25) is 0 Å². The Kier molecular flexibility index (Phi) is 7.30. The molecular weight excluding hydrogens is 348 g/mol. The van der Waals surface area contributed by atoms with E-state index in [-0.39, 0.29) is 24.4 Å². The lowest BCUT2D eigenvalue weighted by molar-refractivity contribution is 0.0895. The van der Waals surface area contributed by atoms with Crippen LogP contribution in [-0.2, 0) is 0 Å². The van der Waals surface area contributed by atoms with Crippen molar-refractivity contribution < 1.29 is 9.21 Å². The molecule has 0 bridgehead atoms. The quantitative estimate of drug-likeness (QED) is 0.834. The van der Waals surface area contributed by atoms with Crippen molar-refractivity contribution in [1.82, 2.24) is 10.2 Å². The Balaban J connectivity index is 0.00000243. The van der Waals surface area contributed by atoms with E-state index in [1.54, 1.807) is 0 Å². The van der Waals surface area contributed by atoms with Crippen LogP contribution < -0.4 is 5.32 Å². The van der Waals surface area contributed by atoms with Crippen molar-refractivity contribution in [2.24, 2.45) is 5.92 Å². The molecule has 1 aliphatic rings. The largest absolute Gasteiger partial charge is 0.465 e. The topological polar surface area (TPSA) is 45.5 Å². The third-order valence-electron chi connectivity index (χ3n) is 5.08. The van der Waals surface area contributed by atoms with Crippen molar-refractivity contribution in [3.63, 3.8) is 0 Å². The number of aryl methyl sites for hydroxylation is 2. The number of nitrogens with zero attached hydrogens (tertiary/aromatic N) is 1. The van der Waals surface area contributed by atoms with Gasteiger partial charge in [-0.1, -0.05) is 24.6 Å². The number of rotatable bonds is 5. The molecule has 2 heterocycles. The number of carbonyl (C=O) groups excluding carboxylic acids is 1. The number of benzene rings is 1. The fourth-order valence-electron chi connectivity index (χ4n) is 3.46. The van der Waals surface area contributed by atoms with Gasteiger partial charge in [-0.25, -0.2) is 0 Å². The van der Waals surface area contributed by atoms with Crippen molar-refractivity contribution >= 4 is 18.3 Å². The molecule has 142 valence electrons. The van der Waals surface area contributed by atoms with Crippen LogP contribution in [0.3, 0.4) is 0 Å². The van der Waals surface area contributed by atoms with E-state index >= 15 is 0 Å². The van der Waals surface area contributed by atoms with E-state index < -0.39 is 0 Å². The number of furan rings is 1. The van der Waals surface area contributed by atoms with E-state index in [9.17, 15) is 4.79 Å². The van der Waals surface area contributed by atoms with Crippen LogP contribution in [0.5, 0.6) is 0 Å². The van der Waals surface area contributed by atoms with E-state index in [2.05, 4.69) is 17.1 Å². The molecule has 0 aliphatic carbocycles. The monoisotopic (exact) mass is 376 g/mol. The molecule has 4 nitrogen and oxygen atoms in total. The Labute approximate surface area is 162 Å². The molecule has 1 N–H and O–H groups in total. The molecule has 1 aromatic carbocycles. The molecule has 0 spiro atoms. The van der Waals surface area contributed by atoms with Gasteiger partial charge >= 0.3 is 0 Å². The lowest BCUT2D eigenvalue weighted by atomic mass is 9.97. The van der Waals surface area contributed by atoms with Gasteiger partial charge in [0.1, 0.15) is 11.5 Å². The molecule has 1 fully saturated rings. The summed E-state index contributed by atoms with van der Waals surface area (Å²) in [4.78, 5) is 15.0. The number of likely N-dealkylation sites (tertiary alicyclic amines) is 1. The van der Waals surface area contributed by atoms with E-state index in [0.717, 1.165) is 36.1 Å². The summed E-state index contributed by atoms with van der Waals surface area (Å²) < 4.78 is 5.89. The highest BCUT2D eigenvalue weighted by Gasteiger charge is 2.27. The van der Waals surface area contributed by atoms with Gasteiger partial charge in [0.15, 0.2) is 0 Å². The lowest BCUT2D eigenvalue weighted by Crippen LogP contribution is -2.41. The first-order valence-corrected chi connectivity index (χ1v) is 9.18. The Morgan fingerprint density at radius 2 is 1.96 bits per heavy atom. The van der Waals surface area contributed by atoms with Gasteiger partial charge in [-0.2, -0.15) is 0 Å². The van der Waals surface area contributed by atoms with Crippen LogP contribution in [0.25, 0.3) is 0 Å². The van der Waals surface area contributed by atoms with Gasteiger partial charge in [0, 0.05) is 12.1 Å². The molecule has 0 radical (unpaired) electrons. The van der Waals surface area contributed by atoms with Crippen LogP contribution in [0, 0.1) is 19.8 Å². The van der Waals surface area contributed by atoms with Crippen LogP contribution in [0.1, 0.15) is 53.2 Å². The second kappa shape index (κ2) is 9.24. The van der Waals surface area contributed by atoms with Gasteiger partial charge in [0.25, 0.3) is 5.91 Å². The summed E-state index contributed by atoms with van der Waals surface area (Å²) in [5, 5.41) is 3.10. The molecule has 1 aromatic heterocycles. The second-order valence-corrected chi connectivity index (χ2v) is 7.26. The maximum Gasteiger partial charge on any atom is 0.251 e. The van der Waals surface area contributed by atoms with Crippen molar-refractivity contribution in [3.8, 4) is 0 Å². The molecule has 5 heteroatoms. The normalized spacial score (nSPS) is 16.7. The predicted molar refractivity (Wildman–Crippen MR) is 107 cm³/mol. The van der Waals surface area contributed by atoms with E-state index in [1.165, 1.54) is 12.8 Å². The zero-order chi connectivity index (χ0) is 17.8. The fourth-order valence-corrected chi connectivity index (χ4v) is 3.46. The van der Waals surface area contributed by atoms with Crippen LogP contribution >= 0.6 is 12.4 Å². The van der Waals surface area contributed by atoms with Gasteiger partial charge in [0.2, 0.25) is 0 Å². The molecular formula is C21H29ClN2O2. The minimum Gasteiger partial charge on any atom is -0.465 e. The Morgan fingerprint density at radius 1 is 1.23 bits per heavy atom. The van der Waals surface area contributed by atoms with Gasteiger partial charge in [-0.15, -0.1) is 12.4 Å². The molecule has 3 rings (SSSR count). The van der Waals surface area contributed by atoms with Crippen molar-refractivity contribution in [3.05, 3.63) is 59.0 Å². The van der Waals surface area contributed by atoms with Gasteiger partial charge < -0.3 is 9.73 Å². The zero-order valence-electron chi connectivity index (χ0n) is 15.8. The summed E-state index contributed by atoms with van der Waals surface area (Å²) in [6.07, 6.45) is 2.39.